The minimum atomic E-state index is 1.24. The topological polar surface area (TPSA) is 6.48 Å². The van der Waals surface area contributed by atoms with Crippen LogP contribution in [-0.4, -0.2) is 14.1 Å². The Morgan fingerprint density at radius 3 is 1.73 bits per heavy atom. The molecule has 0 saturated heterocycles. The third-order valence-electron chi connectivity index (χ3n) is 4.41. The van der Waals surface area contributed by atoms with Crippen molar-refractivity contribution in [3.8, 4) is 11.1 Å². The molecule has 0 unspecified atom stereocenters. The molecule has 4 rings (SSSR count). The summed E-state index contributed by atoms with van der Waals surface area (Å²) in [4.78, 5) is 4.54. The van der Waals surface area contributed by atoms with Crippen LogP contribution in [0.25, 0.3) is 11.1 Å². The first-order valence-corrected chi connectivity index (χ1v) is 7.51. The first-order chi connectivity index (χ1) is 10.8. The minimum Gasteiger partial charge on any atom is -0.341 e. The van der Waals surface area contributed by atoms with Crippen molar-refractivity contribution < 1.29 is 0 Å². The van der Waals surface area contributed by atoms with Crippen LogP contribution in [0, 0.1) is 0 Å². The third kappa shape index (κ3) is 1.88. The molecule has 0 saturated carbocycles. The first kappa shape index (κ1) is 13.0. The lowest BCUT2D eigenvalue weighted by Crippen LogP contribution is -2.24. The fourth-order valence-electron chi connectivity index (χ4n) is 3.18. The van der Waals surface area contributed by atoms with Crippen LogP contribution in [0.3, 0.4) is 0 Å². The summed E-state index contributed by atoms with van der Waals surface area (Å²) in [6.07, 6.45) is 0. The highest BCUT2D eigenvalue weighted by atomic mass is 15.2. The summed E-state index contributed by atoms with van der Waals surface area (Å²) < 4.78 is 0. The van der Waals surface area contributed by atoms with E-state index in [0.29, 0.717) is 0 Å². The number of nitrogens with zero attached hydrogens (tertiary/aromatic N) is 2. The van der Waals surface area contributed by atoms with Gasteiger partial charge in [-0.1, -0.05) is 48.5 Å². The van der Waals surface area contributed by atoms with E-state index in [4.69, 9.17) is 0 Å². The number of fused-ring (bicyclic) bond motifs is 2. The SMILES string of the molecule is CN1c2ccccc2N(C)c2cc(-c3ccccc3)ccc21. The van der Waals surface area contributed by atoms with Crippen molar-refractivity contribution in [3.05, 3.63) is 72.8 Å². The molecule has 2 nitrogen and oxygen atoms in total. The molecule has 0 aromatic heterocycles. The van der Waals surface area contributed by atoms with Crippen LogP contribution in [0.2, 0.25) is 0 Å². The Balaban J connectivity index is 1.87. The fourth-order valence-corrected chi connectivity index (χ4v) is 3.18. The molecule has 0 spiro atoms. The van der Waals surface area contributed by atoms with Crippen molar-refractivity contribution in [2.75, 3.05) is 23.9 Å². The number of hydrogen-bond donors (Lipinski definition) is 0. The van der Waals surface area contributed by atoms with E-state index in [0.717, 1.165) is 0 Å². The van der Waals surface area contributed by atoms with Crippen LogP contribution < -0.4 is 9.80 Å². The van der Waals surface area contributed by atoms with Gasteiger partial charge in [-0.3, -0.25) is 0 Å². The van der Waals surface area contributed by atoms with Gasteiger partial charge in [0.1, 0.15) is 0 Å². The lowest BCUT2D eigenvalue weighted by atomic mass is 10.0. The maximum atomic E-state index is 2.27. The second-order valence-electron chi connectivity index (χ2n) is 5.68. The van der Waals surface area contributed by atoms with Crippen molar-refractivity contribution in [2.45, 2.75) is 0 Å². The molecule has 108 valence electrons. The maximum Gasteiger partial charge on any atom is 0.0656 e. The normalized spacial score (nSPS) is 12.8. The summed E-state index contributed by atoms with van der Waals surface area (Å²) >= 11 is 0. The summed E-state index contributed by atoms with van der Waals surface area (Å²) in [7, 11) is 4.27. The van der Waals surface area contributed by atoms with Crippen LogP contribution in [-0.2, 0) is 0 Å². The molecule has 0 N–H and O–H groups in total. The number of benzene rings is 3. The molecule has 0 radical (unpaired) electrons. The van der Waals surface area contributed by atoms with Crippen molar-refractivity contribution >= 4 is 22.7 Å². The van der Waals surface area contributed by atoms with E-state index in [1.165, 1.54) is 33.9 Å². The first-order valence-electron chi connectivity index (χ1n) is 7.51. The quantitative estimate of drug-likeness (QED) is 0.606. The lowest BCUT2D eigenvalue weighted by molar-refractivity contribution is 1.10. The van der Waals surface area contributed by atoms with E-state index in [1.807, 2.05) is 0 Å². The summed E-state index contributed by atoms with van der Waals surface area (Å²) in [6.45, 7) is 0. The van der Waals surface area contributed by atoms with E-state index < -0.39 is 0 Å². The zero-order valence-corrected chi connectivity index (χ0v) is 12.8. The lowest BCUT2D eigenvalue weighted by Gasteiger charge is -2.36. The summed E-state index contributed by atoms with van der Waals surface area (Å²) in [5.41, 5.74) is 7.45. The molecule has 2 heteroatoms. The molecule has 1 aliphatic heterocycles. The highest BCUT2D eigenvalue weighted by Gasteiger charge is 2.23. The Bertz CT molecular complexity index is 824. The Morgan fingerprint density at radius 2 is 1.05 bits per heavy atom. The van der Waals surface area contributed by atoms with E-state index in [9.17, 15) is 0 Å². The van der Waals surface area contributed by atoms with Gasteiger partial charge in [0, 0.05) is 14.1 Å². The van der Waals surface area contributed by atoms with Gasteiger partial charge in [-0.25, -0.2) is 0 Å². The van der Waals surface area contributed by atoms with Gasteiger partial charge in [-0.05, 0) is 35.4 Å². The minimum absolute atomic E-state index is 1.24. The van der Waals surface area contributed by atoms with Crippen LogP contribution in [0.5, 0.6) is 0 Å². The smallest absolute Gasteiger partial charge is 0.0656 e. The second-order valence-corrected chi connectivity index (χ2v) is 5.68. The summed E-state index contributed by atoms with van der Waals surface area (Å²) in [5.74, 6) is 0. The predicted molar refractivity (Wildman–Crippen MR) is 94.4 cm³/mol. The van der Waals surface area contributed by atoms with Gasteiger partial charge in [-0.2, -0.15) is 0 Å². The molecule has 1 heterocycles. The van der Waals surface area contributed by atoms with E-state index in [-0.39, 0.29) is 0 Å². The Hall–Kier alpha value is -2.74. The summed E-state index contributed by atoms with van der Waals surface area (Å²) in [6, 6.07) is 25.7. The van der Waals surface area contributed by atoms with Gasteiger partial charge >= 0.3 is 0 Å². The Labute approximate surface area is 131 Å². The van der Waals surface area contributed by atoms with Gasteiger partial charge in [0.25, 0.3) is 0 Å². The molecular formula is C20H18N2. The van der Waals surface area contributed by atoms with Crippen LogP contribution in [0.15, 0.2) is 72.8 Å². The monoisotopic (exact) mass is 286 g/mol. The molecule has 0 fully saturated rings. The standard InChI is InChI=1S/C20H18N2/c1-21-17-10-6-7-11-18(17)22(2)20-14-16(12-13-19(20)21)15-8-4-3-5-9-15/h3-14H,1-2H3. The molecule has 22 heavy (non-hydrogen) atoms. The third-order valence-corrected chi connectivity index (χ3v) is 4.41. The van der Waals surface area contributed by atoms with Gasteiger partial charge in [0.05, 0.1) is 22.7 Å². The van der Waals surface area contributed by atoms with Crippen molar-refractivity contribution in [2.24, 2.45) is 0 Å². The Kier molecular flexibility index (Phi) is 2.90. The highest BCUT2D eigenvalue weighted by Crippen LogP contribution is 2.47. The maximum absolute atomic E-state index is 2.27. The molecule has 1 aliphatic rings. The molecule has 3 aromatic carbocycles. The molecule has 3 aromatic rings. The number of para-hydroxylation sites is 2. The van der Waals surface area contributed by atoms with Gasteiger partial charge in [-0.15, -0.1) is 0 Å². The van der Waals surface area contributed by atoms with E-state index >= 15 is 0 Å². The van der Waals surface area contributed by atoms with E-state index in [1.54, 1.807) is 0 Å². The van der Waals surface area contributed by atoms with Crippen molar-refractivity contribution in [1.82, 2.24) is 0 Å². The Morgan fingerprint density at radius 1 is 0.500 bits per heavy atom. The van der Waals surface area contributed by atoms with Crippen LogP contribution >= 0.6 is 0 Å². The number of anilines is 4. The molecule has 0 aliphatic carbocycles. The second kappa shape index (κ2) is 4.92. The van der Waals surface area contributed by atoms with Crippen LogP contribution in [0.4, 0.5) is 22.7 Å². The average molecular weight is 286 g/mol. The van der Waals surface area contributed by atoms with Crippen molar-refractivity contribution in [1.29, 1.82) is 0 Å². The molecule has 0 atom stereocenters. The summed E-state index contributed by atoms with van der Waals surface area (Å²) in [5, 5.41) is 0. The molecular weight excluding hydrogens is 268 g/mol. The van der Waals surface area contributed by atoms with Gasteiger partial charge in [0.15, 0.2) is 0 Å². The highest BCUT2D eigenvalue weighted by molar-refractivity contribution is 5.94. The number of hydrogen-bond acceptors (Lipinski definition) is 2. The molecule has 0 bridgehead atoms. The van der Waals surface area contributed by atoms with Gasteiger partial charge in [0.2, 0.25) is 0 Å². The van der Waals surface area contributed by atoms with Crippen molar-refractivity contribution in [3.63, 3.8) is 0 Å². The predicted octanol–water partition coefficient (Wildman–Crippen LogP) is 5.20. The zero-order chi connectivity index (χ0) is 15.1. The fraction of sp³-hybridized carbons (Fsp3) is 0.100. The van der Waals surface area contributed by atoms with Crippen LogP contribution in [0.1, 0.15) is 0 Å². The average Bonchev–Trinajstić information content (AvgIpc) is 2.60. The number of rotatable bonds is 1. The molecule has 0 amide bonds. The largest absolute Gasteiger partial charge is 0.341 e. The zero-order valence-electron chi connectivity index (χ0n) is 12.8. The van der Waals surface area contributed by atoms with Gasteiger partial charge < -0.3 is 9.80 Å². The van der Waals surface area contributed by atoms with E-state index in [2.05, 4.69) is 96.7 Å².